The van der Waals surface area contributed by atoms with Crippen molar-refractivity contribution in [2.24, 2.45) is 0 Å². The number of carbonyl (C=O) groups is 2. The standard InChI is InChI=1S/C23H32N4O4/c1-3-31-23(30)21-15-25-27(17(21)2)19-10-8-18(9-11-19)22(29)24-12-4-5-13-26-14-6-7-20(26)16-28/h8-11,15,20,28H,3-7,12-14,16H2,1-2H3,(H,24,29). The monoisotopic (exact) mass is 428 g/mol. The van der Waals surface area contributed by atoms with E-state index in [1.807, 2.05) is 19.1 Å². The van der Waals surface area contributed by atoms with Crippen LogP contribution in [0, 0.1) is 6.92 Å². The third kappa shape index (κ3) is 5.71. The Balaban J connectivity index is 1.47. The summed E-state index contributed by atoms with van der Waals surface area (Å²) in [6.07, 6.45) is 5.63. The number of amides is 1. The molecule has 1 unspecified atom stereocenters. The van der Waals surface area contributed by atoms with Crippen molar-refractivity contribution >= 4 is 11.9 Å². The zero-order valence-electron chi connectivity index (χ0n) is 18.3. The average Bonchev–Trinajstić information content (AvgIpc) is 3.39. The molecule has 2 heterocycles. The Morgan fingerprint density at radius 3 is 2.74 bits per heavy atom. The van der Waals surface area contributed by atoms with Gasteiger partial charge in [-0.3, -0.25) is 9.69 Å². The summed E-state index contributed by atoms with van der Waals surface area (Å²) >= 11 is 0. The highest BCUT2D eigenvalue weighted by Gasteiger charge is 2.22. The lowest BCUT2D eigenvalue weighted by atomic mass is 10.2. The van der Waals surface area contributed by atoms with Crippen LogP contribution in [-0.2, 0) is 4.74 Å². The van der Waals surface area contributed by atoms with E-state index in [4.69, 9.17) is 4.74 Å². The van der Waals surface area contributed by atoms with Crippen LogP contribution in [0.1, 0.15) is 59.0 Å². The number of unbranched alkanes of at least 4 members (excludes halogenated alkanes) is 1. The van der Waals surface area contributed by atoms with Crippen molar-refractivity contribution in [2.45, 2.75) is 45.6 Å². The molecule has 2 aromatic rings. The highest BCUT2D eigenvalue weighted by molar-refractivity contribution is 5.94. The molecule has 1 fully saturated rings. The molecular formula is C23H32N4O4. The first-order chi connectivity index (χ1) is 15.0. The van der Waals surface area contributed by atoms with Gasteiger partial charge in [0.1, 0.15) is 5.56 Å². The Hall–Kier alpha value is -2.71. The van der Waals surface area contributed by atoms with Crippen LogP contribution in [0.15, 0.2) is 30.5 Å². The Labute approximate surface area is 183 Å². The van der Waals surface area contributed by atoms with Gasteiger partial charge in [-0.05, 0) is 76.9 Å². The smallest absolute Gasteiger partial charge is 0.341 e. The molecule has 3 rings (SSSR count). The van der Waals surface area contributed by atoms with Crippen LogP contribution in [0.4, 0.5) is 0 Å². The lowest BCUT2D eigenvalue weighted by Crippen LogP contribution is -2.33. The van der Waals surface area contributed by atoms with Crippen LogP contribution >= 0.6 is 0 Å². The summed E-state index contributed by atoms with van der Waals surface area (Å²) in [4.78, 5) is 26.7. The molecule has 2 N–H and O–H groups in total. The van der Waals surface area contributed by atoms with Gasteiger partial charge in [-0.1, -0.05) is 0 Å². The molecule has 8 heteroatoms. The number of aliphatic hydroxyl groups excluding tert-OH is 1. The molecule has 168 valence electrons. The number of esters is 1. The van der Waals surface area contributed by atoms with Crippen LogP contribution in [0.5, 0.6) is 0 Å². The molecule has 1 aromatic carbocycles. The number of benzene rings is 1. The molecule has 31 heavy (non-hydrogen) atoms. The molecule has 1 atom stereocenters. The highest BCUT2D eigenvalue weighted by Crippen LogP contribution is 2.17. The lowest BCUT2D eigenvalue weighted by molar-refractivity contribution is 0.0525. The summed E-state index contributed by atoms with van der Waals surface area (Å²) in [7, 11) is 0. The number of rotatable bonds is 10. The molecule has 1 aliphatic heterocycles. The first-order valence-corrected chi connectivity index (χ1v) is 11.0. The van der Waals surface area contributed by atoms with Gasteiger partial charge >= 0.3 is 5.97 Å². The van der Waals surface area contributed by atoms with E-state index in [-0.39, 0.29) is 18.5 Å². The van der Waals surface area contributed by atoms with Gasteiger partial charge < -0.3 is 15.2 Å². The molecule has 1 aliphatic rings. The van der Waals surface area contributed by atoms with Gasteiger partial charge in [0.25, 0.3) is 5.91 Å². The minimum atomic E-state index is -0.390. The molecule has 0 spiro atoms. The summed E-state index contributed by atoms with van der Waals surface area (Å²) in [6.45, 7) is 6.77. The molecule has 1 saturated heterocycles. The minimum Gasteiger partial charge on any atom is -0.462 e. The summed E-state index contributed by atoms with van der Waals surface area (Å²) < 4.78 is 6.70. The van der Waals surface area contributed by atoms with Gasteiger partial charge in [0, 0.05) is 18.2 Å². The maximum atomic E-state index is 12.4. The van der Waals surface area contributed by atoms with Crippen LogP contribution in [0.2, 0.25) is 0 Å². The number of hydrogen-bond donors (Lipinski definition) is 2. The van der Waals surface area contributed by atoms with E-state index < -0.39 is 0 Å². The van der Waals surface area contributed by atoms with Crippen LogP contribution < -0.4 is 5.32 Å². The molecule has 0 radical (unpaired) electrons. The van der Waals surface area contributed by atoms with Gasteiger partial charge in [-0.25, -0.2) is 9.48 Å². The normalized spacial score (nSPS) is 16.4. The summed E-state index contributed by atoms with van der Waals surface area (Å²) in [5.41, 5.74) is 2.48. The Kier molecular flexibility index (Phi) is 8.20. The van der Waals surface area contributed by atoms with E-state index in [2.05, 4.69) is 15.3 Å². The lowest BCUT2D eigenvalue weighted by Gasteiger charge is -2.22. The van der Waals surface area contributed by atoms with E-state index in [0.717, 1.165) is 44.5 Å². The second-order valence-electron chi connectivity index (χ2n) is 7.80. The SMILES string of the molecule is CCOC(=O)c1cnn(-c2ccc(C(=O)NCCCCN3CCCC3CO)cc2)c1C. The van der Waals surface area contributed by atoms with Crippen molar-refractivity contribution in [3.8, 4) is 5.69 Å². The van der Waals surface area contributed by atoms with Gasteiger partial charge in [0.15, 0.2) is 0 Å². The Bertz CT molecular complexity index is 878. The Morgan fingerprint density at radius 2 is 2.03 bits per heavy atom. The number of aliphatic hydroxyl groups is 1. The van der Waals surface area contributed by atoms with Crippen molar-refractivity contribution in [1.29, 1.82) is 0 Å². The van der Waals surface area contributed by atoms with Gasteiger partial charge in [-0.2, -0.15) is 5.10 Å². The molecule has 1 aromatic heterocycles. The molecule has 0 aliphatic carbocycles. The van der Waals surface area contributed by atoms with Crippen LogP contribution in [0.25, 0.3) is 5.69 Å². The zero-order chi connectivity index (χ0) is 22.2. The number of likely N-dealkylation sites (tertiary alicyclic amines) is 1. The van der Waals surface area contributed by atoms with Crippen molar-refractivity contribution in [3.05, 3.63) is 47.3 Å². The van der Waals surface area contributed by atoms with Crippen LogP contribution in [0.3, 0.4) is 0 Å². The number of aromatic nitrogens is 2. The largest absolute Gasteiger partial charge is 0.462 e. The quantitative estimate of drug-likeness (QED) is 0.445. The molecule has 0 saturated carbocycles. The van der Waals surface area contributed by atoms with E-state index in [1.165, 1.54) is 6.20 Å². The van der Waals surface area contributed by atoms with Crippen molar-refractivity contribution in [1.82, 2.24) is 20.0 Å². The van der Waals surface area contributed by atoms with Crippen molar-refractivity contribution in [3.63, 3.8) is 0 Å². The molecule has 8 nitrogen and oxygen atoms in total. The van der Waals surface area contributed by atoms with Crippen LogP contribution in [-0.4, -0.2) is 70.6 Å². The van der Waals surface area contributed by atoms with Gasteiger partial charge in [0.05, 0.1) is 30.8 Å². The predicted octanol–water partition coefficient (Wildman–Crippen LogP) is 2.32. The number of nitrogens with one attached hydrogen (secondary N) is 1. The topological polar surface area (TPSA) is 96.7 Å². The first-order valence-electron chi connectivity index (χ1n) is 11.0. The first kappa shape index (κ1) is 23.0. The van der Waals surface area contributed by atoms with E-state index in [9.17, 15) is 14.7 Å². The fraction of sp³-hybridized carbons (Fsp3) is 0.522. The Morgan fingerprint density at radius 1 is 1.26 bits per heavy atom. The summed E-state index contributed by atoms with van der Waals surface area (Å²) in [5.74, 6) is -0.496. The second-order valence-corrected chi connectivity index (χ2v) is 7.80. The van der Waals surface area contributed by atoms with Crippen molar-refractivity contribution < 1.29 is 19.4 Å². The third-order valence-corrected chi connectivity index (χ3v) is 5.75. The summed E-state index contributed by atoms with van der Waals surface area (Å²) in [6, 6.07) is 7.44. The number of ether oxygens (including phenoxy) is 1. The number of nitrogens with zero attached hydrogens (tertiary/aromatic N) is 3. The zero-order valence-corrected chi connectivity index (χ0v) is 18.3. The van der Waals surface area contributed by atoms with E-state index >= 15 is 0 Å². The molecule has 0 bridgehead atoms. The van der Waals surface area contributed by atoms with Gasteiger partial charge in [0.2, 0.25) is 0 Å². The molecular weight excluding hydrogens is 396 g/mol. The predicted molar refractivity (Wildman–Crippen MR) is 118 cm³/mol. The average molecular weight is 429 g/mol. The fourth-order valence-corrected chi connectivity index (χ4v) is 3.97. The number of carbonyl (C=O) groups excluding carboxylic acids is 2. The van der Waals surface area contributed by atoms with Crippen molar-refractivity contribution in [2.75, 3.05) is 32.8 Å². The maximum Gasteiger partial charge on any atom is 0.341 e. The minimum absolute atomic E-state index is 0.106. The van der Waals surface area contributed by atoms with E-state index in [1.54, 1.807) is 23.7 Å². The maximum absolute atomic E-state index is 12.4. The molecule has 1 amide bonds. The third-order valence-electron chi connectivity index (χ3n) is 5.75. The fourth-order valence-electron chi connectivity index (χ4n) is 3.97. The van der Waals surface area contributed by atoms with Gasteiger partial charge in [-0.15, -0.1) is 0 Å². The second kappa shape index (κ2) is 11.1. The summed E-state index contributed by atoms with van der Waals surface area (Å²) in [5, 5.41) is 16.6. The van der Waals surface area contributed by atoms with E-state index in [0.29, 0.717) is 36.0 Å². The number of hydrogen-bond acceptors (Lipinski definition) is 6. The highest BCUT2D eigenvalue weighted by atomic mass is 16.5.